The molecule has 0 unspecified atom stereocenters. The summed E-state index contributed by atoms with van der Waals surface area (Å²) in [7, 11) is -2.22. The lowest BCUT2D eigenvalue weighted by Gasteiger charge is -2.32. The highest BCUT2D eigenvalue weighted by Gasteiger charge is 2.33. The van der Waals surface area contributed by atoms with Crippen LogP contribution in [0.5, 0.6) is 0 Å². The topological polar surface area (TPSA) is 93.1 Å². The van der Waals surface area contributed by atoms with Crippen LogP contribution < -0.4 is 0 Å². The van der Waals surface area contributed by atoms with Gasteiger partial charge in [-0.2, -0.15) is 4.31 Å². The number of ether oxygens (including phenoxy) is 2. The third-order valence-corrected chi connectivity index (χ3v) is 6.96. The average Bonchev–Trinajstić information content (AvgIpc) is 2.99. The Morgan fingerprint density at radius 3 is 2.68 bits per heavy atom. The van der Waals surface area contributed by atoms with E-state index >= 15 is 0 Å². The van der Waals surface area contributed by atoms with Crippen LogP contribution in [-0.2, 0) is 19.5 Å². The van der Waals surface area contributed by atoms with Crippen LogP contribution in [0.2, 0.25) is 0 Å². The summed E-state index contributed by atoms with van der Waals surface area (Å²) in [5.41, 5.74) is 0. The van der Waals surface area contributed by atoms with Crippen LogP contribution >= 0.6 is 11.3 Å². The molecule has 1 aromatic rings. The first-order valence-electron chi connectivity index (χ1n) is 6.88. The van der Waals surface area contributed by atoms with E-state index in [1.165, 1.54) is 23.5 Å². The van der Waals surface area contributed by atoms with Crippen molar-refractivity contribution in [2.75, 3.05) is 33.5 Å². The van der Waals surface area contributed by atoms with Gasteiger partial charge in [0.25, 0.3) is 10.0 Å². The number of carboxylic acid groups (broad SMARTS) is 1. The van der Waals surface area contributed by atoms with E-state index in [0.717, 1.165) is 11.3 Å². The van der Waals surface area contributed by atoms with Gasteiger partial charge in [-0.25, -0.2) is 13.2 Å². The van der Waals surface area contributed by atoms with Gasteiger partial charge in [-0.1, -0.05) is 0 Å². The molecule has 0 saturated carbocycles. The SMILES string of the molecule is COCCN(C1CCOCC1)S(=O)(=O)c1ccc(C(=O)O)s1. The number of nitrogens with zero attached hydrogens (tertiary/aromatic N) is 1. The molecule has 9 heteroatoms. The minimum atomic E-state index is -3.73. The standard InChI is InChI=1S/C13H19NO6S2/c1-19-9-6-14(10-4-7-20-8-5-10)22(17,18)12-3-2-11(21-12)13(15)16/h2-3,10H,4-9H2,1H3,(H,15,16). The Bertz CT molecular complexity index is 606. The Balaban J connectivity index is 2.28. The molecular weight excluding hydrogens is 330 g/mol. The summed E-state index contributed by atoms with van der Waals surface area (Å²) < 4.78 is 37.4. The zero-order chi connectivity index (χ0) is 16.2. The highest BCUT2D eigenvalue weighted by atomic mass is 32.2. The van der Waals surface area contributed by atoms with Crippen LogP contribution in [0.25, 0.3) is 0 Å². The number of thiophene rings is 1. The summed E-state index contributed by atoms with van der Waals surface area (Å²) in [6.07, 6.45) is 1.25. The molecule has 0 spiro atoms. The molecule has 0 aliphatic carbocycles. The molecule has 1 N–H and O–H groups in total. The molecule has 1 fully saturated rings. The van der Waals surface area contributed by atoms with E-state index in [-0.39, 0.29) is 28.3 Å². The number of carbonyl (C=O) groups is 1. The number of carboxylic acids is 1. The van der Waals surface area contributed by atoms with E-state index in [0.29, 0.717) is 26.1 Å². The van der Waals surface area contributed by atoms with Gasteiger partial charge in [0.05, 0.1) is 6.61 Å². The third kappa shape index (κ3) is 3.85. The molecule has 1 aliphatic heterocycles. The number of hydrogen-bond donors (Lipinski definition) is 1. The lowest BCUT2D eigenvalue weighted by atomic mass is 10.1. The first-order valence-corrected chi connectivity index (χ1v) is 9.14. The van der Waals surface area contributed by atoms with Crippen LogP contribution in [0.15, 0.2) is 16.3 Å². The lowest BCUT2D eigenvalue weighted by molar-refractivity contribution is 0.0525. The lowest BCUT2D eigenvalue weighted by Crippen LogP contribution is -2.44. The van der Waals surface area contributed by atoms with E-state index in [4.69, 9.17) is 14.6 Å². The second kappa shape index (κ2) is 7.51. The van der Waals surface area contributed by atoms with Gasteiger partial charge in [0.2, 0.25) is 0 Å². The van der Waals surface area contributed by atoms with Crippen molar-refractivity contribution in [3.05, 3.63) is 17.0 Å². The summed E-state index contributed by atoms with van der Waals surface area (Å²) in [5.74, 6) is -1.12. The Hall–Kier alpha value is -1.00. The van der Waals surface area contributed by atoms with Crippen molar-refractivity contribution >= 4 is 27.3 Å². The molecule has 2 rings (SSSR count). The van der Waals surface area contributed by atoms with Crippen molar-refractivity contribution < 1.29 is 27.8 Å². The minimum absolute atomic E-state index is 0.0113. The van der Waals surface area contributed by atoms with Crippen molar-refractivity contribution in [3.63, 3.8) is 0 Å². The number of hydrogen-bond acceptors (Lipinski definition) is 6. The predicted octanol–water partition coefficient (Wildman–Crippen LogP) is 1.26. The van der Waals surface area contributed by atoms with Crippen LogP contribution in [0.1, 0.15) is 22.5 Å². The van der Waals surface area contributed by atoms with Gasteiger partial charge in [-0.3, -0.25) is 0 Å². The first-order chi connectivity index (χ1) is 10.5. The van der Waals surface area contributed by atoms with Gasteiger partial charge in [-0.15, -0.1) is 11.3 Å². The van der Waals surface area contributed by atoms with Gasteiger partial charge >= 0.3 is 5.97 Å². The maximum absolute atomic E-state index is 12.8. The molecule has 0 radical (unpaired) electrons. The summed E-state index contributed by atoms with van der Waals surface area (Å²) >= 11 is 0.772. The van der Waals surface area contributed by atoms with E-state index in [1.54, 1.807) is 0 Å². The number of rotatable bonds is 7. The van der Waals surface area contributed by atoms with E-state index in [1.807, 2.05) is 0 Å². The third-order valence-electron chi connectivity index (χ3n) is 3.47. The Labute approximate surface area is 133 Å². The van der Waals surface area contributed by atoms with Crippen LogP contribution in [0, 0.1) is 0 Å². The molecule has 1 aliphatic rings. The predicted molar refractivity (Wildman–Crippen MR) is 80.9 cm³/mol. The highest BCUT2D eigenvalue weighted by Crippen LogP contribution is 2.28. The average molecular weight is 349 g/mol. The maximum Gasteiger partial charge on any atom is 0.345 e. The van der Waals surface area contributed by atoms with Crippen molar-refractivity contribution in [1.82, 2.24) is 4.31 Å². The smallest absolute Gasteiger partial charge is 0.345 e. The summed E-state index contributed by atoms with van der Waals surface area (Å²) in [6.45, 7) is 1.57. The molecule has 7 nitrogen and oxygen atoms in total. The molecule has 0 amide bonds. The second-order valence-electron chi connectivity index (χ2n) is 4.88. The van der Waals surface area contributed by atoms with E-state index in [2.05, 4.69) is 0 Å². The Kier molecular flexibility index (Phi) is 5.93. The van der Waals surface area contributed by atoms with Crippen LogP contribution in [-0.4, -0.2) is 63.3 Å². The summed E-state index contributed by atoms with van der Waals surface area (Å²) in [5, 5.41) is 8.96. The number of methoxy groups -OCH3 is 1. The molecule has 0 atom stereocenters. The van der Waals surface area contributed by atoms with Crippen LogP contribution in [0.4, 0.5) is 0 Å². The number of sulfonamides is 1. The van der Waals surface area contributed by atoms with Crippen molar-refractivity contribution in [2.45, 2.75) is 23.1 Å². The highest BCUT2D eigenvalue weighted by molar-refractivity contribution is 7.91. The Morgan fingerprint density at radius 1 is 1.45 bits per heavy atom. The van der Waals surface area contributed by atoms with Gasteiger partial charge in [0.15, 0.2) is 0 Å². The van der Waals surface area contributed by atoms with Crippen molar-refractivity contribution in [1.29, 1.82) is 0 Å². The zero-order valence-corrected chi connectivity index (χ0v) is 13.9. The zero-order valence-electron chi connectivity index (χ0n) is 12.2. The van der Waals surface area contributed by atoms with E-state index < -0.39 is 16.0 Å². The minimum Gasteiger partial charge on any atom is -0.477 e. The molecule has 1 aromatic heterocycles. The number of aromatic carboxylic acids is 1. The molecule has 0 bridgehead atoms. The van der Waals surface area contributed by atoms with Crippen molar-refractivity contribution in [3.8, 4) is 0 Å². The fourth-order valence-corrected chi connectivity index (χ4v) is 5.29. The fourth-order valence-electron chi connectivity index (χ4n) is 2.34. The largest absolute Gasteiger partial charge is 0.477 e. The molecule has 22 heavy (non-hydrogen) atoms. The van der Waals surface area contributed by atoms with Gasteiger partial charge in [-0.05, 0) is 25.0 Å². The molecule has 124 valence electrons. The maximum atomic E-state index is 12.8. The normalized spacial score (nSPS) is 17.0. The first kappa shape index (κ1) is 17.4. The van der Waals surface area contributed by atoms with E-state index in [9.17, 15) is 13.2 Å². The molecule has 2 heterocycles. The monoisotopic (exact) mass is 349 g/mol. The quantitative estimate of drug-likeness (QED) is 0.797. The summed E-state index contributed by atoms with van der Waals surface area (Å²) in [4.78, 5) is 11.0. The molecule has 0 aromatic carbocycles. The van der Waals surface area contributed by atoms with Crippen molar-refractivity contribution in [2.24, 2.45) is 0 Å². The fraction of sp³-hybridized carbons (Fsp3) is 0.615. The summed E-state index contributed by atoms with van der Waals surface area (Å²) in [6, 6.07) is 2.52. The van der Waals surface area contributed by atoms with Gasteiger partial charge < -0.3 is 14.6 Å². The molecular formula is C13H19NO6S2. The molecule has 1 saturated heterocycles. The second-order valence-corrected chi connectivity index (χ2v) is 8.08. The van der Waals surface area contributed by atoms with Crippen LogP contribution in [0.3, 0.4) is 0 Å². The van der Waals surface area contributed by atoms with Gasteiger partial charge in [0.1, 0.15) is 9.09 Å². The van der Waals surface area contributed by atoms with Gasteiger partial charge in [0, 0.05) is 32.9 Å². The Morgan fingerprint density at radius 2 is 2.14 bits per heavy atom.